The van der Waals surface area contributed by atoms with Crippen LogP contribution in [0.2, 0.25) is 0 Å². The van der Waals surface area contributed by atoms with E-state index in [0.717, 1.165) is 36.7 Å². The molecule has 0 aromatic heterocycles. The summed E-state index contributed by atoms with van der Waals surface area (Å²) < 4.78 is 42.2. The summed E-state index contributed by atoms with van der Waals surface area (Å²) in [7, 11) is 7.68. The number of benzene rings is 3. The SMILES string of the molecule is CN(C)c1ccc2c(-c3ccc(C(=O)NCCNC(=O)CCCCCCCCO[C@@H]4O[C@H](CO)[C@@H](O[C@@H]5O[C@H](CO)[C@H](O)[C@H](O[C@H]6O[C@H](CO)[C@H](O)C[C@H]6O)[C@H]5O)[C@H](O)[C@H]4O)cc3C(=O)O)c3ccc(=[N+](C)C)cc-3oc2c1. The van der Waals surface area contributed by atoms with Crippen LogP contribution < -0.4 is 25.5 Å². The Bertz CT molecular complexity index is 2680. The Labute approximate surface area is 450 Å². The van der Waals surface area contributed by atoms with Gasteiger partial charge in [-0.2, -0.15) is 0 Å². The Balaban J connectivity index is 0.803. The first-order valence-electron chi connectivity index (χ1n) is 26.3. The topological polar surface area (TPSA) is 352 Å². The lowest BCUT2D eigenvalue weighted by molar-refractivity contribution is -0.376. The molecule has 12 N–H and O–H groups in total. The average molecular weight is 1100 g/mol. The molecule has 0 spiro atoms. The lowest BCUT2D eigenvalue weighted by Gasteiger charge is -2.47. The lowest BCUT2D eigenvalue weighted by Crippen LogP contribution is -2.66. The fourth-order valence-electron chi connectivity index (χ4n) is 9.80. The van der Waals surface area contributed by atoms with Crippen molar-refractivity contribution in [3.05, 3.63) is 71.1 Å². The number of carbonyl (C=O) groups excluding carboxylic acids is 2. The van der Waals surface area contributed by atoms with Crippen molar-refractivity contribution in [2.75, 3.05) is 72.6 Å². The normalized spacial score (nSPS) is 28.4. The second-order valence-electron chi connectivity index (χ2n) is 20.3. The standard InChI is InChI=1S/C54H74N4O20/c1-57(2)29-13-16-32-37(22-29)73-38-23-30(58(3)4)14-17-33(38)43(32)31-15-12-28(21-34(31)51(70)71)50(69)56-19-18-55-42(64)11-9-7-5-6-8-10-20-72-53-46(67)45(66)48(41(27-61)76-53)77-54-47(68)49(44(65)40(26-60)75-54)78-52-36(63)24-35(62)39(25-59)74-52/h12-17,21-23,35-36,39-41,44-49,52-54,59-63,65-68H,5-11,18-20,24-27H2,1-4H3,(H2-,55,56,64,69,70,71)/p+1/t35-,36-,39-,40-,41-,44+,45-,46-,47-,48-,49+,52-,53-,54+/m1/s1. The van der Waals surface area contributed by atoms with Crippen molar-refractivity contribution in [1.82, 2.24) is 15.2 Å². The maximum Gasteiger partial charge on any atom is 0.336 e. The fraction of sp³-hybridized carbons (Fsp3) is 0.593. The number of nitrogens with zero attached hydrogens (tertiary/aromatic N) is 2. The molecule has 7 rings (SSSR count). The van der Waals surface area contributed by atoms with Gasteiger partial charge in [-0.15, -0.1) is 0 Å². The number of aromatic carboxylic acids is 1. The van der Waals surface area contributed by atoms with Gasteiger partial charge in [-0.1, -0.05) is 31.7 Å². The third-order valence-corrected chi connectivity index (χ3v) is 14.3. The van der Waals surface area contributed by atoms with Crippen LogP contribution in [0, 0.1) is 0 Å². The quantitative estimate of drug-likeness (QED) is 0.0229. The molecule has 0 saturated carbocycles. The number of aliphatic hydroxyl groups is 9. The van der Waals surface area contributed by atoms with Crippen molar-refractivity contribution >= 4 is 34.4 Å². The number of aliphatic hydroxyl groups excluding tert-OH is 9. The van der Waals surface area contributed by atoms with Gasteiger partial charge in [0, 0.05) is 86.5 Å². The zero-order chi connectivity index (χ0) is 56.4. The molecular weight excluding hydrogens is 1020 g/mol. The Morgan fingerprint density at radius 3 is 2.01 bits per heavy atom. The van der Waals surface area contributed by atoms with E-state index in [1.165, 1.54) is 6.07 Å². The van der Waals surface area contributed by atoms with Crippen LogP contribution in [0.25, 0.3) is 33.4 Å². The summed E-state index contributed by atoms with van der Waals surface area (Å²) in [6, 6.07) is 16.1. The van der Waals surface area contributed by atoms with Crippen molar-refractivity contribution in [1.29, 1.82) is 0 Å². The number of carbonyl (C=O) groups is 3. The molecule has 0 radical (unpaired) electrons. The predicted molar refractivity (Wildman–Crippen MR) is 278 cm³/mol. The molecule has 4 heterocycles. The first-order chi connectivity index (χ1) is 37.3. The Morgan fingerprint density at radius 1 is 0.667 bits per heavy atom. The van der Waals surface area contributed by atoms with Gasteiger partial charge in [-0.25, -0.2) is 9.37 Å². The minimum Gasteiger partial charge on any atom is -0.478 e. The number of amides is 2. The number of anilines is 1. The summed E-state index contributed by atoms with van der Waals surface area (Å²) in [6.45, 7) is -1.71. The average Bonchev–Trinajstić information content (AvgIpc) is 3.58. The maximum atomic E-state index is 13.3. The van der Waals surface area contributed by atoms with E-state index in [1.54, 1.807) is 12.1 Å². The molecule has 2 amide bonds. The molecule has 2 aromatic carbocycles. The highest BCUT2D eigenvalue weighted by Gasteiger charge is 2.53. The largest absolute Gasteiger partial charge is 0.478 e. The number of ether oxygens (including phenoxy) is 6. The molecule has 24 nitrogen and oxygen atoms in total. The molecule has 2 aromatic rings. The summed E-state index contributed by atoms with van der Waals surface area (Å²) in [4.78, 5) is 40.6. The molecule has 0 bridgehead atoms. The fourth-order valence-corrected chi connectivity index (χ4v) is 9.80. The smallest absolute Gasteiger partial charge is 0.336 e. The van der Waals surface area contributed by atoms with Crippen molar-refractivity contribution < 1.29 is 98.3 Å². The number of hydrogen-bond donors (Lipinski definition) is 12. The van der Waals surface area contributed by atoms with Crippen LogP contribution in [0.5, 0.6) is 0 Å². The van der Waals surface area contributed by atoms with Crippen LogP contribution in [0.15, 0.2) is 59.0 Å². The highest BCUT2D eigenvalue weighted by Crippen LogP contribution is 2.42. The molecular formula is C54H75N4O20+. The molecule has 3 fully saturated rings. The van der Waals surface area contributed by atoms with E-state index in [-0.39, 0.29) is 49.6 Å². The third-order valence-electron chi connectivity index (χ3n) is 14.3. The minimum absolute atomic E-state index is 0.0572. The number of carboxylic acids is 1. The molecule has 3 saturated heterocycles. The van der Waals surface area contributed by atoms with Crippen LogP contribution in [-0.2, 0) is 33.2 Å². The molecule has 4 aliphatic heterocycles. The highest BCUT2D eigenvalue weighted by molar-refractivity contribution is 6.09. The summed E-state index contributed by atoms with van der Waals surface area (Å²) in [5.41, 5.74) is 3.37. The van der Waals surface area contributed by atoms with Crippen LogP contribution in [0.4, 0.5) is 5.69 Å². The minimum atomic E-state index is -1.85. The van der Waals surface area contributed by atoms with Crippen LogP contribution in [-0.4, -0.2) is 223 Å². The van der Waals surface area contributed by atoms with Gasteiger partial charge in [0.05, 0.1) is 37.6 Å². The monoisotopic (exact) mass is 1100 g/mol. The molecule has 0 unspecified atom stereocenters. The number of unbranched alkanes of at least 4 members (excludes halogenated alkanes) is 5. The van der Waals surface area contributed by atoms with Crippen molar-refractivity contribution in [2.45, 2.75) is 137 Å². The number of fused-ring (bicyclic) bond motifs is 2. The second-order valence-corrected chi connectivity index (χ2v) is 20.3. The van der Waals surface area contributed by atoms with Crippen LogP contribution in [0.3, 0.4) is 0 Å². The van der Waals surface area contributed by atoms with Gasteiger partial charge in [0.15, 0.2) is 18.9 Å². The highest BCUT2D eigenvalue weighted by atomic mass is 16.8. The molecule has 24 heteroatoms. The van der Waals surface area contributed by atoms with Crippen molar-refractivity contribution in [2.24, 2.45) is 0 Å². The van der Waals surface area contributed by atoms with Crippen LogP contribution in [0.1, 0.15) is 72.1 Å². The van der Waals surface area contributed by atoms with E-state index in [4.69, 9.17) is 32.8 Å². The first kappa shape index (κ1) is 60.4. The van der Waals surface area contributed by atoms with Gasteiger partial charge in [-0.05, 0) is 48.7 Å². The van der Waals surface area contributed by atoms with Gasteiger partial charge in [0.25, 0.3) is 5.91 Å². The van der Waals surface area contributed by atoms with Gasteiger partial charge < -0.3 is 99.4 Å². The number of carboxylic acid groups (broad SMARTS) is 1. The number of hydrogen-bond acceptors (Lipinski definition) is 20. The van der Waals surface area contributed by atoms with E-state index in [1.807, 2.05) is 74.1 Å². The van der Waals surface area contributed by atoms with Gasteiger partial charge in [-0.3, -0.25) is 9.59 Å². The van der Waals surface area contributed by atoms with E-state index < -0.39 is 118 Å². The molecule has 78 heavy (non-hydrogen) atoms. The van der Waals surface area contributed by atoms with E-state index in [2.05, 4.69) is 10.6 Å². The lowest BCUT2D eigenvalue weighted by atomic mass is 9.89. The number of nitrogens with one attached hydrogen (secondary N) is 2. The van der Waals surface area contributed by atoms with E-state index >= 15 is 0 Å². The van der Waals surface area contributed by atoms with Gasteiger partial charge in [0.1, 0.15) is 86.5 Å². The Hall–Kier alpha value is -5.26. The third kappa shape index (κ3) is 14.4. The van der Waals surface area contributed by atoms with Crippen LogP contribution >= 0.6 is 0 Å². The summed E-state index contributed by atoms with van der Waals surface area (Å²) in [5, 5.41) is 112. The van der Waals surface area contributed by atoms with Crippen molar-refractivity contribution in [3.63, 3.8) is 0 Å². The predicted octanol–water partition coefficient (Wildman–Crippen LogP) is -0.929. The summed E-state index contributed by atoms with van der Waals surface area (Å²) >= 11 is 0. The Kier molecular flexibility index (Phi) is 21.5. The molecule has 1 aliphatic carbocycles. The van der Waals surface area contributed by atoms with Gasteiger partial charge in [0.2, 0.25) is 11.3 Å². The van der Waals surface area contributed by atoms with E-state index in [0.29, 0.717) is 46.3 Å². The zero-order valence-corrected chi connectivity index (χ0v) is 44.1. The zero-order valence-electron chi connectivity index (χ0n) is 44.1. The van der Waals surface area contributed by atoms with Gasteiger partial charge >= 0.3 is 5.97 Å². The molecule has 430 valence electrons. The first-order valence-corrected chi connectivity index (χ1v) is 26.3. The summed E-state index contributed by atoms with van der Waals surface area (Å²) in [5.74, 6) is -1.31. The van der Waals surface area contributed by atoms with E-state index in [9.17, 15) is 65.4 Å². The molecule has 5 aliphatic rings. The maximum absolute atomic E-state index is 13.3. The Morgan fingerprint density at radius 2 is 1.32 bits per heavy atom. The number of rotatable bonds is 24. The summed E-state index contributed by atoms with van der Waals surface area (Å²) in [6.07, 6.45) is -16.9. The molecule has 14 atom stereocenters. The van der Waals surface area contributed by atoms with Crippen molar-refractivity contribution in [3.8, 4) is 22.5 Å². The second kappa shape index (κ2) is 27.8.